The van der Waals surface area contributed by atoms with Crippen molar-refractivity contribution in [2.45, 2.75) is 6.92 Å². The van der Waals surface area contributed by atoms with Gasteiger partial charge in [-0.15, -0.1) is 0 Å². The second kappa shape index (κ2) is 3.14. The highest BCUT2D eigenvalue weighted by Crippen LogP contribution is 2.26. The van der Waals surface area contributed by atoms with Crippen molar-refractivity contribution >= 4 is 28.8 Å². The van der Waals surface area contributed by atoms with E-state index in [9.17, 15) is 4.79 Å². The van der Waals surface area contributed by atoms with Gasteiger partial charge in [-0.2, -0.15) is 0 Å². The van der Waals surface area contributed by atoms with Crippen LogP contribution < -0.4 is 0 Å². The standard InChI is InChI=1S/C11H10ClNO/c1-7-10(12)4-3-8-5-9(6-14)13(2)11(7)8/h3-6H,1-2H3. The monoisotopic (exact) mass is 207 g/mol. The SMILES string of the molecule is Cc1c(Cl)ccc2cc(C=O)n(C)c12. The molecule has 0 fully saturated rings. The summed E-state index contributed by atoms with van der Waals surface area (Å²) in [5.41, 5.74) is 2.71. The Morgan fingerprint density at radius 2 is 2.14 bits per heavy atom. The molecule has 1 aromatic heterocycles. The highest BCUT2D eigenvalue weighted by atomic mass is 35.5. The molecule has 2 nitrogen and oxygen atoms in total. The van der Waals surface area contributed by atoms with Crippen LogP contribution in [0.2, 0.25) is 5.02 Å². The quantitative estimate of drug-likeness (QED) is 0.659. The minimum atomic E-state index is 0.672. The number of carbonyl (C=O) groups excluding carboxylic acids is 1. The summed E-state index contributed by atoms with van der Waals surface area (Å²) in [6.07, 6.45) is 0.855. The van der Waals surface area contributed by atoms with Gasteiger partial charge in [0.2, 0.25) is 0 Å². The molecule has 0 saturated carbocycles. The van der Waals surface area contributed by atoms with Gasteiger partial charge in [0.25, 0.3) is 0 Å². The van der Waals surface area contributed by atoms with Gasteiger partial charge < -0.3 is 4.57 Å². The summed E-state index contributed by atoms with van der Waals surface area (Å²) in [5.74, 6) is 0. The van der Waals surface area contributed by atoms with Crippen molar-refractivity contribution in [2.24, 2.45) is 7.05 Å². The Balaban J connectivity index is 2.93. The molecule has 0 aliphatic rings. The first-order valence-electron chi connectivity index (χ1n) is 4.35. The van der Waals surface area contributed by atoms with E-state index in [1.54, 1.807) is 0 Å². The number of nitrogens with zero attached hydrogens (tertiary/aromatic N) is 1. The van der Waals surface area contributed by atoms with Crippen molar-refractivity contribution in [3.05, 3.63) is 34.5 Å². The van der Waals surface area contributed by atoms with Crippen LogP contribution in [0.25, 0.3) is 10.9 Å². The largest absolute Gasteiger partial charge is 0.341 e. The molecule has 1 heterocycles. The third kappa shape index (κ3) is 1.15. The lowest BCUT2D eigenvalue weighted by Gasteiger charge is -2.03. The Morgan fingerprint density at radius 1 is 1.43 bits per heavy atom. The number of benzene rings is 1. The molecule has 2 aromatic rings. The molecule has 0 N–H and O–H groups in total. The highest BCUT2D eigenvalue weighted by Gasteiger charge is 2.08. The number of fused-ring (bicyclic) bond motifs is 1. The number of aromatic nitrogens is 1. The van der Waals surface area contributed by atoms with Crippen molar-refractivity contribution in [3.63, 3.8) is 0 Å². The molecule has 0 aliphatic carbocycles. The van der Waals surface area contributed by atoms with Gasteiger partial charge in [-0.05, 0) is 24.6 Å². The lowest BCUT2D eigenvalue weighted by atomic mass is 10.1. The van der Waals surface area contributed by atoms with E-state index in [0.717, 1.165) is 27.8 Å². The van der Waals surface area contributed by atoms with Gasteiger partial charge in [0, 0.05) is 17.5 Å². The van der Waals surface area contributed by atoms with Crippen molar-refractivity contribution < 1.29 is 4.79 Å². The first-order valence-corrected chi connectivity index (χ1v) is 4.72. The number of hydrogen-bond donors (Lipinski definition) is 0. The summed E-state index contributed by atoms with van der Waals surface area (Å²) < 4.78 is 1.86. The Morgan fingerprint density at radius 3 is 2.79 bits per heavy atom. The first-order chi connectivity index (χ1) is 6.65. The van der Waals surface area contributed by atoms with Crippen molar-refractivity contribution in [2.75, 3.05) is 0 Å². The summed E-state index contributed by atoms with van der Waals surface area (Å²) in [6, 6.07) is 5.65. The van der Waals surface area contributed by atoms with Gasteiger partial charge in [-0.25, -0.2) is 0 Å². The van der Waals surface area contributed by atoms with Gasteiger partial charge in [0.05, 0.1) is 11.2 Å². The number of aryl methyl sites for hydroxylation is 2. The van der Waals surface area contributed by atoms with Crippen LogP contribution in [-0.4, -0.2) is 10.9 Å². The van der Waals surface area contributed by atoms with E-state index in [1.165, 1.54) is 0 Å². The molecule has 72 valence electrons. The van der Waals surface area contributed by atoms with Crippen LogP contribution in [0, 0.1) is 6.92 Å². The maximum Gasteiger partial charge on any atom is 0.166 e. The molecule has 14 heavy (non-hydrogen) atoms. The fourth-order valence-corrected chi connectivity index (χ4v) is 1.91. The minimum absolute atomic E-state index is 0.672. The Labute approximate surface area is 87.1 Å². The van der Waals surface area contributed by atoms with Crippen LogP contribution >= 0.6 is 11.6 Å². The van der Waals surface area contributed by atoms with Crippen LogP contribution in [0.15, 0.2) is 18.2 Å². The molecule has 3 heteroatoms. The van der Waals surface area contributed by atoms with Crippen LogP contribution in [0.3, 0.4) is 0 Å². The average molecular weight is 208 g/mol. The van der Waals surface area contributed by atoms with E-state index in [4.69, 9.17) is 11.6 Å². The normalized spacial score (nSPS) is 10.8. The number of halogens is 1. The predicted molar refractivity (Wildman–Crippen MR) is 58.1 cm³/mol. The number of carbonyl (C=O) groups is 1. The number of rotatable bonds is 1. The summed E-state index contributed by atoms with van der Waals surface area (Å²) in [6.45, 7) is 1.96. The van der Waals surface area contributed by atoms with E-state index in [0.29, 0.717) is 5.69 Å². The van der Waals surface area contributed by atoms with Gasteiger partial charge in [0.15, 0.2) is 6.29 Å². The molecule has 0 bridgehead atoms. The van der Waals surface area contributed by atoms with Gasteiger partial charge in [-0.1, -0.05) is 17.7 Å². The molecule has 0 saturated heterocycles. The van der Waals surface area contributed by atoms with E-state index < -0.39 is 0 Å². The topological polar surface area (TPSA) is 22.0 Å². The molecular formula is C11H10ClNO. The third-order valence-corrected chi connectivity index (χ3v) is 2.95. The summed E-state index contributed by atoms with van der Waals surface area (Å²) in [7, 11) is 1.87. The molecule has 0 atom stereocenters. The van der Waals surface area contributed by atoms with Gasteiger partial charge in [-0.3, -0.25) is 4.79 Å². The molecule has 0 aliphatic heterocycles. The Kier molecular flexibility index (Phi) is 2.08. The number of aldehydes is 1. The predicted octanol–water partition coefficient (Wildman–Crippen LogP) is 2.95. The zero-order valence-corrected chi connectivity index (χ0v) is 8.80. The zero-order valence-electron chi connectivity index (χ0n) is 8.04. The Hall–Kier alpha value is -1.28. The molecule has 2 rings (SSSR count). The van der Waals surface area contributed by atoms with E-state index >= 15 is 0 Å². The van der Waals surface area contributed by atoms with Crippen LogP contribution in [0.1, 0.15) is 16.1 Å². The van der Waals surface area contributed by atoms with E-state index in [2.05, 4.69) is 0 Å². The minimum Gasteiger partial charge on any atom is -0.341 e. The first kappa shape index (κ1) is 9.28. The fourth-order valence-electron chi connectivity index (χ4n) is 1.76. The average Bonchev–Trinajstić information content (AvgIpc) is 2.50. The molecule has 1 aromatic carbocycles. The van der Waals surface area contributed by atoms with E-state index in [1.807, 2.05) is 36.7 Å². The summed E-state index contributed by atoms with van der Waals surface area (Å²) in [4.78, 5) is 10.7. The zero-order chi connectivity index (χ0) is 10.3. The van der Waals surface area contributed by atoms with Crippen LogP contribution in [-0.2, 0) is 7.05 Å². The van der Waals surface area contributed by atoms with Crippen LogP contribution in [0.4, 0.5) is 0 Å². The highest BCUT2D eigenvalue weighted by molar-refractivity contribution is 6.32. The third-order valence-electron chi connectivity index (χ3n) is 2.54. The molecular weight excluding hydrogens is 198 g/mol. The van der Waals surface area contributed by atoms with Gasteiger partial charge in [0.1, 0.15) is 0 Å². The lowest BCUT2D eigenvalue weighted by Crippen LogP contribution is -1.95. The van der Waals surface area contributed by atoms with Crippen molar-refractivity contribution in [3.8, 4) is 0 Å². The molecule has 0 radical (unpaired) electrons. The second-order valence-electron chi connectivity index (χ2n) is 3.36. The maximum absolute atomic E-state index is 10.7. The summed E-state index contributed by atoms with van der Waals surface area (Å²) in [5, 5.41) is 1.78. The van der Waals surface area contributed by atoms with Crippen molar-refractivity contribution in [1.82, 2.24) is 4.57 Å². The summed E-state index contributed by atoms with van der Waals surface area (Å²) >= 11 is 6.01. The van der Waals surface area contributed by atoms with Crippen molar-refractivity contribution in [1.29, 1.82) is 0 Å². The van der Waals surface area contributed by atoms with E-state index in [-0.39, 0.29) is 0 Å². The molecule has 0 amide bonds. The maximum atomic E-state index is 10.7. The fraction of sp³-hybridized carbons (Fsp3) is 0.182. The van der Waals surface area contributed by atoms with Gasteiger partial charge >= 0.3 is 0 Å². The lowest BCUT2D eigenvalue weighted by molar-refractivity contribution is 0.111. The van der Waals surface area contributed by atoms with Crippen LogP contribution in [0.5, 0.6) is 0 Å². The molecule has 0 spiro atoms. The smallest absolute Gasteiger partial charge is 0.166 e. The molecule has 0 unspecified atom stereocenters. The second-order valence-corrected chi connectivity index (χ2v) is 3.76. The number of hydrogen-bond acceptors (Lipinski definition) is 1. The Bertz CT molecular complexity index is 513.